The summed E-state index contributed by atoms with van der Waals surface area (Å²) in [5, 5.41) is 0. The molecular weight excluding hydrogens is 138 g/mol. The highest BCUT2D eigenvalue weighted by molar-refractivity contribution is 5.81. The number of aldehydes is 1. The van der Waals surface area contributed by atoms with Crippen LogP contribution in [0.5, 0.6) is 0 Å². The van der Waals surface area contributed by atoms with Crippen LogP contribution in [-0.4, -0.2) is 12.5 Å². The molecule has 2 heteroatoms. The SMILES string of the molecule is O=Cc1ccc2c(c1)CC=N2. The monoisotopic (exact) mass is 145 g/mol. The Kier molecular flexibility index (Phi) is 1.32. The van der Waals surface area contributed by atoms with Crippen molar-refractivity contribution in [1.29, 1.82) is 0 Å². The molecule has 0 aliphatic carbocycles. The van der Waals surface area contributed by atoms with Crippen LogP contribution in [0, 0.1) is 0 Å². The van der Waals surface area contributed by atoms with Gasteiger partial charge in [-0.3, -0.25) is 9.79 Å². The summed E-state index contributed by atoms with van der Waals surface area (Å²) in [4.78, 5) is 14.5. The van der Waals surface area contributed by atoms with Gasteiger partial charge in [0.05, 0.1) is 5.69 Å². The van der Waals surface area contributed by atoms with Crippen LogP contribution in [0.3, 0.4) is 0 Å². The predicted molar refractivity (Wildman–Crippen MR) is 43.7 cm³/mol. The van der Waals surface area contributed by atoms with Crippen molar-refractivity contribution in [2.24, 2.45) is 4.99 Å². The third-order valence-corrected chi connectivity index (χ3v) is 1.78. The first-order valence-electron chi connectivity index (χ1n) is 3.51. The number of hydrogen-bond acceptors (Lipinski definition) is 2. The van der Waals surface area contributed by atoms with Crippen LogP contribution in [0.2, 0.25) is 0 Å². The van der Waals surface area contributed by atoms with E-state index >= 15 is 0 Å². The summed E-state index contributed by atoms with van der Waals surface area (Å²) in [5.74, 6) is 0. The topological polar surface area (TPSA) is 29.4 Å². The zero-order chi connectivity index (χ0) is 7.68. The molecule has 1 heterocycles. The van der Waals surface area contributed by atoms with Gasteiger partial charge in [0.2, 0.25) is 0 Å². The second-order valence-corrected chi connectivity index (χ2v) is 2.52. The Labute approximate surface area is 64.6 Å². The van der Waals surface area contributed by atoms with E-state index in [-0.39, 0.29) is 0 Å². The first kappa shape index (κ1) is 6.28. The number of rotatable bonds is 1. The quantitative estimate of drug-likeness (QED) is 0.553. The van der Waals surface area contributed by atoms with E-state index in [1.165, 1.54) is 0 Å². The Bertz CT molecular complexity index is 328. The zero-order valence-electron chi connectivity index (χ0n) is 5.95. The molecule has 1 aromatic rings. The maximum atomic E-state index is 10.4. The number of fused-ring (bicyclic) bond motifs is 1. The van der Waals surface area contributed by atoms with Gasteiger partial charge in [0.25, 0.3) is 0 Å². The minimum Gasteiger partial charge on any atom is -0.298 e. The summed E-state index contributed by atoms with van der Waals surface area (Å²) in [6.07, 6.45) is 3.58. The van der Waals surface area contributed by atoms with Crippen molar-refractivity contribution in [2.75, 3.05) is 0 Å². The number of hydrogen-bond donors (Lipinski definition) is 0. The molecule has 11 heavy (non-hydrogen) atoms. The summed E-state index contributed by atoms with van der Waals surface area (Å²) < 4.78 is 0. The van der Waals surface area contributed by atoms with Crippen LogP contribution in [0.1, 0.15) is 15.9 Å². The molecule has 0 bridgehead atoms. The fraction of sp³-hybridized carbons (Fsp3) is 0.111. The van der Waals surface area contributed by atoms with Crippen molar-refractivity contribution in [1.82, 2.24) is 0 Å². The van der Waals surface area contributed by atoms with E-state index in [9.17, 15) is 4.79 Å². The molecule has 0 atom stereocenters. The predicted octanol–water partition coefficient (Wildman–Crippen LogP) is 1.76. The van der Waals surface area contributed by atoms with Gasteiger partial charge in [-0.25, -0.2) is 0 Å². The van der Waals surface area contributed by atoms with Crippen molar-refractivity contribution >= 4 is 18.2 Å². The highest BCUT2D eigenvalue weighted by Crippen LogP contribution is 2.23. The van der Waals surface area contributed by atoms with Gasteiger partial charge < -0.3 is 0 Å². The van der Waals surface area contributed by atoms with Crippen LogP contribution in [0.15, 0.2) is 23.2 Å². The minimum atomic E-state index is 0.731. The van der Waals surface area contributed by atoms with Crippen LogP contribution < -0.4 is 0 Å². The van der Waals surface area contributed by atoms with E-state index < -0.39 is 0 Å². The highest BCUT2D eigenvalue weighted by atomic mass is 16.1. The molecule has 0 spiro atoms. The van der Waals surface area contributed by atoms with Crippen molar-refractivity contribution in [3.05, 3.63) is 29.3 Å². The van der Waals surface area contributed by atoms with E-state index in [4.69, 9.17) is 0 Å². The Morgan fingerprint density at radius 2 is 2.36 bits per heavy atom. The second-order valence-electron chi connectivity index (χ2n) is 2.52. The van der Waals surface area contributed by atoms with Gasteiger partial charge in [0, 0.05) is 18.2 Å². The molecule has 0 saturated carbocycles. The molecule has 1 aliphatic rings. The van der Waals surface area contributed by atoms with Gasteiger partial charge in [-0.15, -0.1) is 0 Å². The van der Waals surface area contributed by atoms with Crippen LogP contribution in [-0.2, 0) is 6.42 Å². The molecule has 2 rings (SSSR count). The average molecular weight is 145 g/mol. The lowest BCUT2D eigenvalue weighted by molar-refractivity contribution is 0.112. The Balaban J connectivity index is 2.53. The highest BCUT2D eigenvalue weighted by Gasteiger charge is 2.05. The molecule has 0 unspecified atom stereocenters. The molecule has 0 amide bonds. The lowest BCUT2D eigenvalue weighted by Crippen LogP contribution is -1.83. The van der Waals surface area contributed by atoms with Crippen molar-refractivity contribution in [3.63, 3.8) is 0 Å². The first-order valence-corrected chi connectivity index (χ1v) is 3.51. The third-order valence-electron chi connectivity index (χ3n) is 1.78. The largest absolute Gasteiger partial charge is 0.298 e. The zero-order valence-corrected chi connectivity index (χ0v) is 5.95. The summed E-state index contributed by atoms with van der Waals surface area (Å²) in [6.45, 7) is 0. The van der Waals surface area contributed by atoms with Crippen LogP contribution in [0.25, 0.3) is 0 Å². The fourth-order valence-corrected chi connectivity index (χ4v) is 1.21. The van der Waals surface area contributed by atoms with Gasteiger partial charge in [-0.05, 0) is 23.8 Å². The van der Waals surface area contributed by atoms with Gasteiger partial charge in [0.15, 0.2) is 0 Å². The standard InChI is InChI=1S/C9H7NO/c11-6-7-1-2-9-8(5-7)3-4-10-9/h1-2,4-6H,3H2. The van der Waals surface area contributed by atoms with E-state index in [1.807, 2.05) is 18.3 Å². The summed E-state index contributed by atoms with van der Waals surface area (Å²) in [5.41, 5.74) is 2.87. The molecule has 0 N–H and O–H groups in total. The number of benzene rings is 1. The van der Waals surface area contributed by atoms with Gasteiger partial charge in [-0.1, -0.05) is 0 Å². The summed E-state index contributed by atoms with van der Waals surface area (Å²) in [6, 6.07) is 5.55. The summed E-state index contributed by atoms with van der Waals surface area (Å²) in [7, 11) is 0. The number of carbonyl (C=O) groups excluding carboxylic acids is 1. The fourth-order valence-electron chi connectivity index (χ4n) is 1.21. The molecule has 1 aliphatic heterocycles. The third kappa shape index (κ3) is 0.963. The lowest BCUT2D eigenvalue weighted by Gasteiger charge is -1.95. The molecule has 1 aromatic carbocycles. The normalized spacial score (nSPS) is 13.1. The number of aliphatic imine (C=N–C) groups is 1. The van der Waals surface area contributed by atoms with Gasteiger partial charge in [0.1, 0.15) is 6.29 Å². The van der Waals surface area contributed by atoms with E-state index in [0.29, 0.717) is 0 Å². The molecule has 2 nitrogen and oxygen atoms in total. The molecule has 0 fully saturated rings. The van der Waals surface area contributed by atoms with Crippen LogP contribution in [0.4, 0.5) is 5.69 Å². The molecule has 54 valence electrons. The maximum absolute atomic E-state index is 10.4. The van der Waals surface area contributed by atoms with E-state index in [1.54, 1.807) is 6.07 Å². The number of carbonyl (C=O) groups is 1. The Morgan fingerprint density at radius 1 is 1.45 bits per heavy atom. The summed E-state index contributed by atoms with van der Waals surface area (Å²) >= 11 is 0. The molecule has 0 radical (unpaired) electrons. The van der Waals surface area contributed by atoms with E-state index in [0.717, 1.165) is 29.5 Å². The Morgan fingerprint density at radius 3 is 3.18 bits per heavy atom. The second kappa shape index (κ2) is 2.31. The minimum absolute atomic E-state index is 0.731. The van der Waals surface area contributed by atoms with Crippen molar-refractivity contribution in [3.8, 4) is 0 Å². The number of nitrogens with zero attached hydrogens (tertiary/aromatic N) is 1. The maximum Gasteiger partial charge on any atom is 0.150 e. The lowest BCUT2D eigenvalue weighted by atomic mass is 10.1. The average Bonchev–Trinajstić information content (AvgIpc) is 2.50. The van der Waals surface area contributed by atoms with Crippen LogP contribution >= 0.6 is 0 Å². The Hall–Kier alpha value is -1.44. The molecule has 0 saturated heterocycles. The van der Waals surface area contributed by atoms with Gasteiger partial charge in [-0.2, -0.15) is 0 Å². The van der Waals surface area contributed by atoms with Crippen molar-refractivity contribution in [2.45, 2.75) is 6.42 Å². The van der Waals surface area contributed by atoms with Crippen molar-refractivity contribution < 1.29 is 4.79 Å². The molecular formula is C9H7NO. The first-order chi connectivity index (χ1) is 5.40. The molecule has 0 aromatic heterocycles. The van der Waals surface area contributed by atoms with Gasteiger partial charge >= 0.3 is 0 Å². The smallest absolute Gasteiger partial charge is 0.150 e. The van der Waals surface area contributed by atoms with E-state index in [2.05, 4.69) is 4.99 Å².